The average Bonchev–Trinajstić information content (AvgIpc) is 2.34. The first-order chi connectivity index (χ1) is 8.58. The van der Waals surface area contributed by atoms with Crippen LogP contribution in [0.1, 0.15) is 18.4 Å². The van der Waals surface area contributed by atoms with Crippen molar-refractivity contribution in [2.45, 2.75) is 25.3 Å². The molecule has 1 unspecified atom stereocenters. The molecule has 6 heteroatoms. The van der Waals surface area contributed by atoms with E-state index in [1.165, 1.54) is 0 Å². The van der Waals surface area contributed by atoms with Crippen LogP contribution in [0, 0.1) is 0 Å². The average molecular weight is 324 g/mol. The summed E-state index contributed by atoms with van der Waals surface area (Å²) in [5, 5.41) is 1.08. The maximum Gasteiger partial charge on any atom is 0.227 e. The minimum Gasteiger partial charge on any atom is -0.341 e. The molecule has 19 heavy (non-hydrogen) atoms. The summed E-state index contributed by atoms with van der Waals surface area (Å²) in [6.07, 6.45) is 2.19. The van der Waals surface area contributed by atoms with Crippen LogP contribution in [0.4, 0.5) is 0 Å². The van der Waals surface area contributed by atoms with Crippen molar-refractivity contribution >= 4 is 41.5 Å². The van der Waals surface area contributed by atoms with Crippen molar-refractivity contribution in [2.75, 3.05) is 13.1 Å². The van der Waals surface area contributed by atoms with Gasteiger partial charge in [-0.1, -0.05) is 29.3 Å². The second-order valence-corrected chi connectivity index (χ2v) is 5.43. The molecule has 1 fully saturated rings. The van der Waals surface area contributed by atoms with Gasteiger partial charge in [0.2, 0.25) is 5.91 Å². The molecule has 1 aliphatic rings. The molecule has 0 aromatic heterocycles. The number of amides is 1. The number of likely N-dealkylation sites (tertiary alicyclic amines) is 1. The van der Waals surface area contributed by atoms with Crippen LogP contribution in [0.25, 0.3) is 0 Å². The summed E-state index contributed by atoms with van der Waals surface area (Å²) in [4.78, 5) is 14.0. The maximum atomic E-state index is 12.2. The third-order valence-electron chi connectivity index (χ3n) is 3.20. The van der Waals surface area contributed by atoms with Gasteiger partial charge in [0.15, 0.2) is 0 Å². The Labute approximate surface area is 129 Å². The summed E-state index contributed by atoms with van der Waals surface area (Å²) in [5.41, 5.74) is 6.57. The van der Waals surface area contributed by atoms with Crippen molar-refractivity contribution in [2.24, 2.45) is 5.73 Å². The van der Waals surface area contributed by atoms with E-state index in [9.17, 15) is 4.79 Å². The van der Waals surface area contributed by atoms with E-state index in [-0.39, 0.29) is 30.8 Å². The molecule has 2 rings (SSSR count). The molecule has 1 atom stereocenters. The van der Waals surface area contributed by atoms with Gasteiger partial charge in [-0.25, -0.2) is 0 Å². The number of benzene rings is 1. The summed E-state index contributed by atoms with van der Waals surface area (Å²) in [5.74, 6) is 0.0418. The predicted molar refractivity (Wildman–Crippen MR) is 81.2 cm³/mol. The number of nitrogens with zero attached hydrogens (tertiary/aromatic N) is 1. The number of carbonyl (C=O) groups excluding carboxylic acids is 1. The van der Waals surface area contributed by atoms with E-state index in [1.807, 2.05) is 0 Å². The second kappa shape index (κ2) is 7.34. The van der Waals surface area contributed by atoms with Crippen LogP contribution in [0.15, 0.2) is 18.2 Å². The summed E-state index contributed by atoms with van der Waals surface area (Å²) in [6.45, 7) is 1.40. The fourth-order valence-corrected chi connectivity index (χ4v) is 2.73. The van der Waals surface area contributed by atoms with Crippen LogP contribution >= 0.6 is 35.6 Å². The monoisotopic (exact) mass is 322 g/mol. The first kappa shape index (κ1) is 16.6. The second-order valence-electron chi connectivity index (χ2n) is 4.62. The highest BCUT2D eigenvalue weighted by Crippen LogP contribution is 2.25. The van der Waals surface area contributed by atoms with Gasteiger partial charge in [0.05, 0.1) is 6.42 Å². The van der Waals surface area contributed by atoms with Gasteiger partial charge in [-0.3, -0.25) is 4.79 Å². The quantitative estimate of drug-likeness (QED) is 0.909. The van der Waals surface area contributed by atoms with Crippen LogP contribution in [0.5, 0.6) is 0 Å². The van der Waals surface area contributed by atoms with Gasteiger partial charge in [-0.15, -0.1) is 12.4 Å². The zero-order valence-corrected chi connectivity index (χ0v) is 12.8. The number of piperidine rings is 1. The molecule has 0 saturated carbocycles. The Bertz CT molecular complexity index is 433. The van der Waals surface area contributed by atoms with E-state index >= 15 is 0 Å². The fourth-order valence-electron chi connectivity index (χ4n) is 2.20. The highest BCUT2D eigenvalue weighted by atomic mass is 35.5. The molecule has 0 aliphatic carbocycles. The zero-order valence-electron chi connectivity index (χ0n) is 10.4. The minimum absolute atomic E-state index is 0. The van der Waals surface area contributed by atoms with Crippen molar-refractivity contribution in [3.05, 3.63) is 33.8 Å². The molecule has 1 aliphatic heterocycles. The summed E-state index contributed by atoms with van der Waals surface area (Å²) in [6, 6.07) is 5.36. The van der Waals surface area contributed by atoms with E-state index < -0.39 is 0 Å². The summed E-state index contributed by atoms with van der Waals surface area (Å²) < 4.78 is 0. The molecule has 1 amide bonds. The van der Waals surface area contributed by atoms with Crippen LogP contribution < -0.4 is 5.73 Å². The molecule has 0 bridgehead atoms. The van der Waals surface area contributed by atoms with Gasteiger partial charge in [0, 0.05) is 29.2 Å². The lowest BCUT2D eigenvalue weighted by molar-refractivity contribution is -0.131. The lowest BCUT2D eigenvalue weighted by Crippen LogP contribution is -2.46. The number of nitrogens with two attached hydrogens (primary N) is 1. The summed E-state index contributed by atoms with van der Waals surface area (Å²) >= 11 is 12.1. The van der Waals surface area contributed by atoms with Crippen molar-refractivity contribution in [1.29, 1.82) is 0 Å². The lowest BCUT2D eigenvalue weighted by atomic mass is 10.1. The van der Waals surface area contributed by atoms with E-state index in [2.05, 4.69) is 0 Å². The molecule has 3 nitrogen and oxygen atoms in total. The van der Waals surface area contributed by atoms with Crippen LogP contribution in [0.2, 0.25) is 10.0 Å². The van der Waals surface area contributed by atoms with Gasteiger partial charge in [-0.2, -0.15) is 0 Å². The molecule has 0 spiro atoms. The zero-order chi connectivity index (χ0) is 13.1. The molecule has 106 valence electrons. The predicted octanol–water partition coefficient (Wildman–Crippen LogP) is 2.91. The largest absolute Gasteiger partial charge is 0.341 e. The maximum absolute atomic E-state index is 12.2. The van der Waals surface area contributed by atoms with Gasteiger partial charge in [-0.05, 0) is 30.5 Å². The first-order valence-corrected chi connectivity index (χ1v) is 6.80. The molecule has 1 aromatic rings. The smallest absolute Gasteiger partial charge is 0.227 e. The molecule has 2 N–H and O–H groups in total. The number of rotatable bonds is 2. The first-order valence-electron chi connectivity index (χ1n) is 6.04. The Morgan fingerprint density at radius 3 is 2.58 bits per heavy atom. The molecule has 1 aromatic carbocycles. The third-order valence-corrected chi connectivity index (χ3v) is 3.91. The minimum atomic E-state index is 0. The Balaban J connectivity index is 0.00000180. The highest BCUT2D eigenvalue weighted by Gasteiger charge is 2.22. The lowest BCUT2D eigenvalue weighted by Gasteiger charge is -2.31. The van der Waals surface area contributed by atoms with Crippen LogP contribution in [-0.2, 0) is 11.2 Å². The van der Waals surface area contributed by atoms with Gasteiger partial charge in [0.1, 0.15) is 0 Å². The number of hydrogen-bond donors (Lipinski definition) is 1. The van der Waals surface area contributed by atoms with E-state index in [4.69, 9.17) is 28.9 Å². The summed E-state index contributed by atoms with van der Waals surface area (Å²) in [7, 11) is 0. The van der Waals surface area contributed by atoms with Crippen molar-refractivity contribution < 1.29 is 4.79 Å². The Hall–Kier alpha value is -0.480. The van der Waals surface area contributed by atoms with Crippen LogP contribution in [0.3, 0.4) is 0 Å². The number of halogens is 3. The normalized spacial score (nSPS) is 18.9. The van der Waals surface area contributed by atoms with Gasteiger partial charge in [0.25, 0.3) is 0 Å². The Kier molecular flexibility index (Phi) is 6.40. The highest BCUT2D eigenvalue weighted by molar-refractivity contribution is 6.36. The van der Waals surface area contributed by atoms with Gasteiger partial charge < -0.3 is 10.6 Å². The van der Waals surface area contributed by atoms with E-state index in [0.717, 1.165) is 19.4 Å². The Morgan fingerprint density at radius 1 is 1.37 bits per heavy atom. The van der Waals surface area contributed by atoms with Crippen molar-refractivity contribution in [3.63, 3.8) is 0 Å². The SMILES string of the molecule is Cl.NC1CCCN(C(=O)Cc2c(Cl)cccc2Cl)C1. The molecular weight excluding hydrogens is 307 g/mol. The van der Waals surface area contributed by atoms with Gasteiger partial charge >= 0.3 is 0 Å². The van der Waals surface area contributed by atoms with Crippen LogP contribution in [-0.4, -0.2) is 29.9 Å². The topological polar surface area (TPSA) is 46.3 Å². The standard InChI is InChI=1S/C13H16Cl2N2O.ClH/c14-11-4-1-5-12(15)10(11)7-13(18)17-6-2-3-9(16)8-17;/h1,4-5,9H,2-3,6-8,16H2;1H. The molecule has 1 saturated heterocycles. The molecular formula is C13H17Cl3N2O. The van der Waals surface area contributed by atoms with Crippen molar-refractivity contribution in [1.82, 2.24) is 4.90 Å². The number of carbonyl (C=O) groups is 1. The Morgan fingerprint density at radius 2 is 2.00 bits per heavy atom. The molecule has 0 radical (unpaired) electrons. The molecule has 1 heterocycles. The van der Waals surface area contributed by atoms with E-state index in [1.54, 1.807) is 23.1 Å². The van der Waals surface area contributed by atoms with Crippen molar-refractivity contribution in [3.8, 4) is 0 Å². The fraction of sp³-hybridized carbons (Fsp3) is 0.462. The third kappa shape index (κ3) is 4.25. The van der Waals surface area contributed by atoms with E-state index in [0.29, 0.717) is 22.2 Å². The number of hydrogen-bond acceptors (Lipinski definition) is 2.